The van der Waals surface area contributed by atoms with E-state index in [9.17, 15) is 24.7 Å². The van der Waals surface area contributed by atoms with Gasteiger partial charge in [-0.15, -0.1) is 0 Å². The Hall–Kier alpha value is -2.64. The van der Waals surface area contributed by atoms with E-state index in [1.807, 2.05) is 0 Å². The van der Waals surface area contributed by atoms with E-state index < -0.39 is 67.6 Å². The third-order valence-electron chi connectivity index (χ3n) is 6.42. The maximum absolute atomic E-state index is 12.3. The van der Waals surface area contributed by atoms with Gasteiger partial charge in [0.05, 0.1) is 25.6 Å². The molecule has 17 nitrogen and oxygen atoms in total. The molecule has 0 amide bonds. The summed E-state index contributed by atoms with van der Waals surface area (Å²) in [5.74, 6) is 0.203. The standard InChI is InChI=1S/C20H26N7O10PS/c1-33-16-15(10(5-28)36-19(16)26-3-2-12(30)25-20(26)31)37-38(32,39)34-6-11-9(29)4-13(35-11)27-8-24-14-17(21)22-7-23-18(14)27/h2-3,7-11,13,15-16,19,28-29H,4-6H2,1H3,(H,32,39)(H2,21,22,23)(H,25,30,31)/t9-,10-,11-,13-,15+,16+,19-,38?/m1/s1. The average Bonchev–Trinajstić information content (AvgIpc) is 3.58. The van der Waals surface area contributed by atoms with Gasteiger partial charge >= 0.3 is 12.4 Å². The Kier molecular flexibility index (Phi) is 7.93. The number of rotatable bonds is 9. The van der Waals surface area contributed by atoms with E-state index in [-0.39, 0.29) is 18.8 Å². The number of aliphatic hydroxyl groups excluding tert-OH is 2. The summed E-state index contributed by atoms with van der Waals surface area (Å²) in [6.45, 7) is -4.90. The molecule has 212 valence electrons. The quantitative estimate of drug-likeness (QED) is 0.173. The highest BCUT2D eigenvalue weighted by molar-refractivity contribution is 8.07. The van der Waals surface area contributed by atoms with Gasteiger partial charge in [-0.05, 0) is 11.8 Å². The van der Waals surface area contributed by atoms with Crippen LogP contribution in [-0.2, 0) is 35.1 Å². The number of nitrogens with two attached hydrogens (primary N) is 1. The number of imidazole rings is 1. The molecule has 19 heteroatoms. The van der Waals surface area contributed by atoms with Crippen LogP contribution in [0.1, 0.15) is 18.9 Å². The van der Waals surface area contributed by atoms with Crippen molar-refractivity contribution in [1.82, 2.24) is 29.1 Å². The van der Waals surface area contributed by atoms with Crippen molar-refractivity contribution in [3.8, 4) is 0 Å². The topological polar surface area (TPSA) is 231 Å². The van der Waals surface area contributed by atoms with Crippen molar-refractivity contribution >= 4 is 35.5 Å². The number of aliphatic hydroxyl groups is 2. The molecule has 39 heavy (non-hydrogen) atoms. The van der Waals surface area contributed by atoms with Gasteiger partial charge in [0.2, 0.25) is 0 Å². The fourth-order valence-electron chi connectivity index (χ4n) is 4.55. The number of anilines is 1. The lowest BCUT2D eigenvalue weighted by Crippen LogP contribution is -2.40. The zero-order chi connectivity index (χ0) is 27.9. The van der Waals surface area contributed by atoms with Crippen molar-refractivity contribution in [2.75, 3.05) is 26.1 Å². The van der Waals surface area contributed by atoms with Crippen LogP contribution in [0.2, 0.25) is 0 Å². The summed E-state index contributed by atoms with van der Waals surface area (Å²) in [4.78, 5) is 48.9. The smallest absolute Gasteiger partial charge is 0.330 e. The van der Waals surface area contributed by atoms with Crippen LogP contribution in [0.5, 0.6) is 0 Å². The summed E-state index contributed by atoms with van der Waals surface area (Å²) < 4.78 is 30.9. The summed E-state index contributed by atoms with van der Waals surface area (Å²) in [6, 6.07) is 1.12. The Morgan fingerprint density at radius 1 is 1.23 bits per heavy atom. The van der Waals surface area contributed by atoms with Gasteiger partial charge in [-0.25, -0.2) is 19.7 Å². The minimum absolute atomic E-state index is 0.170. The first-order chi connectivity index (χ1) is 18.6. The van der Waals surface area contributed by atoms with Gasteiger partial charge < -0.3 is 39.6 Å². The molecular weight excluding hydrogens is 561 g/mol. The van der Waals surface area contributed by atoms with Crippen molar-refractivity contribution in [1.29, 1.82) is 0 Å². The van der Waals surface area contributed by atoms with E-state index in [1.165, 1.54) is 26.0 Å². The first-order valence-corrected chi connectivity index (χ1v) is 14.2. The molecule has 0 saturated carbocycles. The molecule has 2 saturated heterocycles. The van der Waals surface area contributed by atoms with E-state index in [1.54, 1.807) is 4.57 Å². The van der Waals surface area contributed by atoms with E-state index in [4.69, 9.17) is 40.8 Å². The third kappa shape index (κ3) is 5.53. The van der Waals surface area contributed by atoms with Crippen molar-refractivity contribution < 1.29 is 38.4 Å². The number of nitrogens with one attached hydrogen (secondary N) is 1. The zero-order valence-electron chi connectivity index (χ0n) is 20.3. The number of H-pyrrole nitrogens is 1. The second-order valence-corrected chi connectivity index (χ2v) is 11.6. The average molecular weight is 588 g/mol. The Morgan fingerprint density at radius 2 is 2.03 bits per heavy atom. The molecule has 0 spiro atoms. The predicted molar refractivity (Wildman–Crippen MR) is 135 cm³/mol. The molecule has 2 aliphatic rings. The van der Waals surface area contributed by atoms with Gasteiger partial charge in [0, 0.05) is 25.8 Å². The summed E-state index contributed by atoms with van der Waals surface area (Å²) in [5, 5.41) is 20.4. The first-order valence-electron chi connectivity index (χ1n) is 11.6. The van der Waals surface area contributed by atoms with Crippen LogP contribution in [0.3, 0.4) is 0 Å². The molecule has 0 radical (unpaired) electrons. The lowest BCUT2D eigenvalue weighted by molar-refractivity contribution is -0.0625. The van der Waals surface area contributed by atoms with Gasteiger partial charge in [0.15, 0.2) is 17.7 Å². The van der Waals surface area contributed by atoms with Crippen LogP contribution >= 0.6 is 6.72 Å². The van der Waals surface area contributed by atoms with Gasteiger partial charge in [0.1, 0.15) is 42.5 Å². The Bertz CT molecular complexity index is 1500. The summed E-state index contributed by atoms with van der Waals surface area (Å²) in [7, 11) is 1.32. The monoisotopic (exact) mass is 587 g/mol. The van der Waals surface area contributed by atoms with Gasteiger partial charge in [0.25, 0.3) is 5.56 Å². The number of aromatic amines is 1. The summed E-state index contributed by atoms with van der Waals surface area (Å²) in [5.41, 5.74) is 5.27. The predicted octanol–water partition coefficient (Wildman–Crippen LogP) is -1.87. The van der Waals surface area contributed by atoms with Gasteiger partial charge in [-0.2, -0.15) is 0 Å². The summed E-state index contributed by atoms with van der Waals surface area (Å²) >= 11 is 5.17. The van der Waals surface area contributed by atoms with Gasteiger partial charge in [-0.3, -0.25) is 23.4 Å². The maximum Gasteiger partial charge on any atom is 0.330 e. The second-order valence-electron chi connectivity index (χ2n) is 8.81. The maximum atomic E-state index is 12.3. The first kappa shape index (κ1) is 27.9. The lowest BCUT2D eigenvalue weighted by atomic mass is 10.1. The molecule has 0 aliphatic carbocycles. The van der Waals surface area contributed by atoms with Crippen LogP contribution in [0.15, 0.2) is 34.5 Å². The number of aromatic nitrogens is 6. The van der Waals surface area contributed by atoms with Crippen LogP contribution < -0.4 is 17.0 Å². The Morgan fingerprint density at radius 3 is 2.74 bits per heavy atom. The minimum atomic E-state index is -4.02. The van der Waals surface area contributed by atoms with Crippen molar-refractivity contribution in [2.24, 2.45) is 0 Å². The summed E-state index contributed by atoms with van der Waals surface area (Å²) in [6.07, 6.45) is -2.72. The number of methoxy groups -OCH3 is 1. The number of fused-ring (bicyclic) bond motifs is 1. The van der Waals surface area contributed by atoms with Crippen LogP contribution in [0, 0.1) is 0 Å². The molecular formula is C20H26N7O10PS. The fraction of sp³-hybridized carbons (Fsp3) is 0.550. The van der Waals surface area contributed by atoms with Crippen LogP contribution in [-0.4, -0.2) is 95.0 Å². The minimum Gasteiger partial charge on any atom is -0.394 e. The number of nitrogen functional groups attached to an aromatic ring is 1. The van der Waals surface area contributed by atoms with Crippen molar-refractivity contribution in [3.63, 3.8) is 0 Å². The molecule has 2 aliphatic heterocycles. The molecule has 2 fully saturated rings. The Labute approximate surface area is 224 Å². The highest BCUT2D eigenvalue weighted by Crippen LogP contribution is 2.49. The zero-order valence-corrected chi connectivity index (χ0v) is 22.1. The molecule has 0 bridgehead atoms. The van der Waals surface area contributed by atoms with Crippen molar-refractivity contribution in [2.45, 2.75) is 49.4 Å². The SMILES string of the molecule is CO[C@H]1[C@@H](OP(O)(=S)OC[C@H]2O[C@@H](n3cnc4c(N)ncnc43)C[C@H]2O)[C@@H](CO)O[C@H]1n1ccc(=O)[nH]c1=O. The van der Waals surface area contributed by atoms with E-state index in [2.05, 4.69) is 19.9 Å². The van der Waals surface area contributed by atoms with Crippen molar-refractivity contribution in [3.05, 3.63) is 45.8 Å². The molecule has 0 aromatic carbocycles. The van der Waals surface area contributed by atoms with E-state index in [0.29, 0.717) is 11.2 Å². The third-order valence-corrected chi connectivity index (χ3v) is 7.98. The van der Waals surface area contributed by atoms with Crippen LogP contribution in [0.25, 0.3) is 11.2 Å². The number of nitrogens with zero attached hydrogens (tertiary/aromatic N) is 5. The molecule has 8 atom stereocenters. The molecule has 6 N–H and O–H groups in total. The van der Waals surface area contributed by atoms with E-state index in [0.717, 1.165) is 10.6 Å². The highest BCUT2D eigenvalue weighted by atomic mass is 32.5. The van der Waals surface area contributed by atoms with E-state index >= 15 is 0 Å². The second kappa shape index (κ2) is 11.1. The molecule has 5 heterocycles. The number of ether oxygens (including phenoxy) is 3. The number of hydrogen-bond donors (Lipinski definition) is 5. The molecule has 3 aromatic heterocycles. The van der Waals surface area contributed by atoms with Crippen LogP contribution in [0.4, 0.5) is 5.82 Å². The van der Waals surface area contributed by atoms with Gasteiger partial charge in [-0.1, -0.05) is 0 Å². The highest BCUT2D eigenvalue weighted by Gasteiger charge is 2.49. The Balaban J connectivity index is 1.26. The molecule has 1 unspecified atom stereocenters. The largest absolute Gasteiger partial charge is 0.394 e. The normalized spacial score (nSPS) is 30.6. The fourth-order valence-corrected chi connectivity index (χ4v) is 5.99. The lowest BCUT2D eigenvalue weighted by Gasteiger charge is -2.27. The molecule has 3 aromatic rings. The number of hydrogen-bond acceptors (Lipinski definition) is 14. The molecule has 5 rings (SSSR count).